The first kappa shape index (κ1) is 19.3. The topological polar surface area (TPSA) is 61.8 Å². The Morgan fingerprint density at radius 3 is 2.68 bits per heavy atom. The molecule has 0 saturated heterocycles. The van der Waals surface area contributed by atoms with E-state index in [-0.39, 0.29) is 12.7 Å². The molecule has 3 atom stereocenters. The van der Waals surface area contributed by atoms with Crippen LogP contribution in [0.3, 0.4) is 0 Å². The molecule has 5 heteroatoms. The van der Waals surface area contributed by atoms with E-state index in [0.717, 1.165) is 12.8 Å². The van der Waals surface area contributed by atoms with Crippen molar-refractivity contribution < 1.29 is 23.8 Å². The normalized spacial score (nSPS) is 23.2. The molecule has 1 aliphatic rings. The van der Waals surface area contributed by atoms with Crippen LogP contribution in [0.15, 0.2) is 24.3 Å². The Morgan fingerprint density at radius 1 is 1.24 bits per heavy atom. The quantitative estimate of drug-likeness (QED) is 0.731. The average molecular weight is 348 g/mol. The molecule has 0 N–H and O–H groups in total. The van der Waals surface area contributed by atoms with Crippen LogP contribution in [0, 0.1) is 17.8 Å². The van der Waals surface area contributed by atoms with Gasteiger partial charge in [-0.15, -0.1) is 0 Å². The van der Waals surface area contributed by atoms with Crippen molar-refractivity contribution in [2.24, 2.45) is 17.8 Å². The molecule has 0 radical (unpaired) electrons. The van der Waals surface area contributed by atoms with Crippen molar-refractivity contribution in [3.63, 3.8) is 0 Å². The van der Waals surface area contributed by atoms with Crippen molar-refractivity contribution in [2.75, 3.05) is 13.7 Å². The maximum Gasteiger partial charge on any atom is 0.344 e. The summed E-state index contributed by atoms with van der Waals surface area (Å²) in [5.74, 6) is 0.897. The van der Waals surface area contributed by atoms with Crippen molar-refractivity contribution in [3.8, 4) is 5.75 Å². The summed E-state index contributed by atoms with van der Waals surface area (Å²) in [5.41, 5.74) is 0.346. The molecule has 25 heavy (non-hydrogen) atoms. The first-order chi connectivity index (χ1) is 11.9. The van der Waals surface area contributed by atoms with Gasteiger partial charge in [-0.25, -0.2) is 9.59 Å². The molecule has 0 aliphatic heterocycles. The van der Waals surface area contributed by atoms with Gasteiger partial charge in [0.25, 0.3) is 0 Å². The molecule has 1 aromatic carbocycles. The van der Waals surface area contributed by atoms with Gasteiger partial charge >= 0.3 is 11.9 Å². The molecule has 0 bridgehead atoms. The van der Waals surface area contributed by atoms with Crippen LogP contribution in [-0.4, -0.2) is 31.8 Å². The number of ether oxygens (including phenoxy) is 3. The summed E-state index contributed by atoms with van der Waals surface area (Å²) in [6.45, 7) is 6.13. The third-order valence-corrected chi connectivity index (χ3v) is 4.87. The molecule has 138 valence electrons. The standard InChI is InChI=1S/C20H28O5/c1-13(2)17-9-8-14(3)10-18(17)25-19(21)12-24-20(22)15-6-5-7-16(11-15)23-4/h5-7,11,13-14,17-18H,8-10,12H2,1-4H3. The van der Waals surface area contributed by atoms with Gasteiger partial charge in [0.15, 0.2) is 6.61 Å². The molecule has 1 aliphatic carbocycles. The van der Waals surface area contributed by atoms with Crippen LogP contribution in [0.5, 0.6) is 5.75 Å². The van der Waals surface area contributed by atoms with Gasteiger partial charge in [0.05, 0.1) is 12.7 Å². The molecule has 0 spiro atoms. The highest BCUT2D eigenvalue weighted by molar-refractivity contribution is 5.91. The van der Waals surface area contributed by atoms with Gasteiger partial charge in [0.1, 0.15) is 11.9 Å². The SMILES string of the molecule is COc1cccc(C(=O)OCC(=O)OC2CC(C)CCC2C(C)C)c1. The van der Waals surface area contributed by atoms with E-state index < -0.39 is 11.9 Å². The second-order valence-electron chi connectivity index (χ2n) is 7.16. The van der Waals surface area contributed by atoms with Crippen molar-refractivity contribution in [1.29, 1.82) is 0 Å². The maximum absolute atomic E-state index is 12.1. The highest BCUT2D eigenvalue weighted by atomic mass is 16.6. The summed E-state index contributed by atoms with van der Waals surface area (Å²) in [4.78, 5) is 24.2. The number of benzene rings is 1. The second-order valence-corrected chi connectivity index (χ2v) is 7.16. The summed E-state index contributed by atoms with van der Waals surface area (Å²) in [5, 5.41) is 0. The number of esters is 2. The molecule has 0 aromatic heterocycles. The van der Waals surface area contributed by atoms with Crippen molar-refractivity contribution in [2.45, 2.75) is 46.1 Å². The van der Waals surface area contributed by atoms with Crippen LogP contribution in [0.4, 0.5) is 0 Å². The number of carbonyl (C=O) groups excluding carboxylic acids is 2. The molecule has 1 saturated carbocycles. The lowest BCUT2D eigenvalue weighted by atomic mass is 9.75. The minimum absolute atomic E-state index is 0.0910. The van der Waals surface area contributed by atoms with Gasteiger partial charge in [-0.3, -0.25) is 0 Å². The molecule has 5 nitrogen and oxygen atoms in total. The Morgan fingerprint density at radius 2 is 2.00 bits per heavy atom. The van der Waals surface area contributed by atoms with Crippen LogP contribution < -0.4 is 4.74 Å². The smallest absolute Gasteiger partial charge is 0.344 e. The van der Waals surface area contributed by atoms with Crippen molar-refractivity contribution in [1.82, 2.24) is 0 Å². The molecule has 2 rings (SSSR count). The Labute approximate surface area is 149 Å². The Hall–Kier alpha value is -2.04. The fourth-order valence-corrected chi connectivity index (χ4v) is 3.41. The monoisotopic (exact) mass is 348 g/mol. The van der Waals surface area contributed by atoms with E-state index in [1.165, 1.54) is 13.5 Å². The zero-order chi connectivity index (χ0) is 18.4. The summed E-state index contributed by atoms with van der Waals surface area (Å²) < 4.78 is 15.8. The Bertz CT molecular complexity index is 596. The van der Waals surface area contributed by atoms with E-state index in [0.29, 0.717) is 29.1 Å². The zero-order valence-corrected chi connectivity index (χ0v) is 15.5. The molecule has 1 fully saturated rings. The lowest BCUT2D eigenvalue weighted by molar-refractivity contribution is -0.159. The van der Waals surface area contributed by atoms with E-state index in [2.05, 4.69) is 20.8 Å². The third kappa shape index (κ3) is 5.48. The number of methoxy groups -OCH3 is 1. The summed E-state index contributed by atoms with van der Waals surface area (Å²) in [6, 6.07) is 6.63. The molecule has 0 amide bonds. The average Bonchev–Trinajstić information content (AvgIpc) is 2.59. The predicted octanol–water partition coefficient (Wildman–Crippen LogP) is 3.86. The number of hydrogen-bond acceptors (Lipinski definition) is 5. The highest BCUT2D eigenvalue weighted by Crippen LogP contribution is 2.35. The fourth-order valence-electron chi connectivity index (χ4n) is 3.41. The first-order valence-corrected chi connectivity index (χ1v) is 8.91. The fraction of sp³-hybridized carbons (Fsp3) is 0.600. The van der Waals surface area contributed by atoms with E-state index in [1.54, 1.807) is 24.3 Å². The second kappa shape index (κ2) is 8.88. The molecule has 1 aromatic rings. The van der Waals surface area contributed by atoms with E-state index in [1.807, 2.05) is 0 Å². The Kier molecular flexibility index (Phi) is 6.85. The van der Waals surface area contributed by atoms with Crippen LogP contribution in [0.1, 0.15) is 50.4 Å². The van der Waals surface area contributed by atoms with Crippen molar-refractivity contribution >= 4 is 11.9 Å². The first-order valence-electron chi connectivity index (χ1n) is 8.91. The summed E-state index contributed by atoms with van der Waals surface area (Å²) in [6.07, 6.45) is 3.02. The van der Waals surface area contributed by atoms with E-state index >= 15 is 0 Å². The van der Waals surface area contributed by atoms with Gasteiger partial charge in [0.2, 0.25) is 0 Å². The molecule has 3 unspecified atom stereocenters. The molecular weight excluding hydrogens is 320 g/mol. The van der Waals surface area contributed by atoms with Crippen LogP contribution in [0.2, 0.25) is 0 Å². The largest absolute Gasteiger partial charge is 0.497 e. The van der Waals surface area contributed by atoms with Crippen molar-refractivity contribution in [3.05, 3.63) is 29.8 Å². The third-order valence-electron chi connectivity index (χ3n) is 4.87. The van der Waals surface area contributed by atoms with Crippen LogP contribution >= 0.6 is 0 Å². The van der Waals surface area contributed by atoms with Gasteiger partial charge in [-0.2, -0.15) is 0 Å². The predicted molar refractivity (Wildman–Crippen MR) is 94.5 cm³/mol. The summed E-state index contributed by atoms with van der Waals surface area (Å²) >= 11 is 0. The molecular formula is C20H28O5. The lowest BCUT2D eigenvalue weighted by Gasteiger charge is -2.36. The van der Waals surface area contributed by atoms with Gasteiger partial charge in [0, 0.05) is 0 Å². The van der Waals surface area contributed by atoms with Crippen LogP contribution in [-0.2, 0) is 14.3 Å². The zero-order valence-electron chi connectivity index (χ0n) is 15.5. The number of rotatable bonds is 6. The maximum atomic E-state index is 12.1. The minimum Gasteiger partial charge on any atom is -0.497 e. The number of hydrogen-bond donors (Lipinski definition) is 0. The minimum atomic E-state index is -0.562. The Balaban J connectivity index is 1.87. The summed E-state index contributed by atoms with van der Waals surface area (Å²) in [7, 11) is 1.53. The van der Waals surface area contributed by atoms with Gasteiger partial charge < -0.3 is 14.2 Å². The number of carbonyl (C=O) groups is 2. The highest BCUT2D eigenvalue weighted by Gasteiger charge is 2.33. The van der Waals surface area contributed by atoms with E-state index in [9.17, 15) is 9.59 Å². The van der Waals surface area contributed by atoms with E-state index in [4.69, 9.17) is 14.2 Å². The lowest BCUT2D eigenvalue weighted by Crippen LogP contribution is -2.36. The van der Waals surface area contributed by atoms with Gasteiger partial charge in [-0.1, -0.05) is 33.3 Å². The van der Waals surface area contributed by atoms with Gasteiger partial charge in [-0.05, 0) is 48.8 Å². The van der Waals surface area contributed by atoms with Crippen LogP contribution in [0.25, 0.3) is 0 Å². The molecule has 0 heterocycles.